The van der Waals surface area contributed by atoms with Crippen molar-refractivity contribution in [3.05, 3.63) is 197 Å². The summed E-state index contributed by atoms with van der Waals surface area (Å²) in [6.45, 7) is 0.474. The van der Waals surface area contributed by atoms with Crippen molar-refractivity contribution in [2.45, 2.75) is 43.2 Å². The molecule has 1 N–H and O–H groups in total. The number of fused-ring (bicyclic) bond motifs is 1. The van der Waals surface area contributed by atoms with Crippen molar-refractivity contribution >= 4 is 21.8 Å². The second kappa shape index (κ2) is 15.8. The lowest BCUT2D eigenvalue weighted by atomic mass is 9.76. The van der Waals surface area contributed by atoms with E-state index < -0.39 is 21.7 Å². The van der Waals surface area contributed by atoms with Crippen LogP contribution in [0.2, 0.25) is 0 Å². The summed E-state index contributed by atoms with van der Waals surface area (Å²) in [5, 5.41) is 0. The van der Waals surface area contributed by atoms with Crippen LogP contribution in [0.4, 0.5) is 4.39 Å². The second-order valence-electron chi connectivity index (χ2n) is 13.5. The fourth-order valence-electron chi connectivity index (χ4n) is 7.31. The maximum absolute atomic E-state index is 14.7. The molecule has 6 nitrogen and oxygen atoms in total. The lowest BCUT2D eigenvalue weighted by Gasteiger charge is -2.42. The van der Waals surface area contributed by atoms with Crippen LogP contribution >= 0.6 is 0 Å². The first-order chi connectivity index (χ1) is 25.7. The van der Waals surface area contributed by atoms with Gasteiger partial charge in [-0.25, -0.2) is 17.5 Å². The molecule has 1 aliphatic carbocycles. The zero-order chi connectivity index (χ0) is 36.8. The summed E-state index contributed by atoms with van der Waals surface area (Å²) in [7, 11) is -4.21. The average molecular weight is 723 g/mol. The zero-order valence-corrected chi connectivity index (χ0v) is 29.9. The van der Waals surface area contributed by atoms with E-state index in [-0.39, 0.29) is 34.7 Å². The van der Waals surface area contributed by atoms with E-state index >= 15 is 0 Å². The molecule has 53 heavy (non-hydrogen) atoms. The number of sulfonamides is 1. The average Bonchev–Trinajstić information content (AvgIpc) is 3.18. The highest BCUT2D eigenvalue weighted by atomic mass is 32.2. The summed E-state index contributed by atoms with van der Waals surface area (Å²) in [6, 6.07) is 47.6. The number of benzene rings is 6. The quantitative estimate of drug-likeness (QED) is 0.145. The highest BCUT2D eigenvalue weighted by Crippen LogP contribution is 2.41. The van der Waals surface area contributed by atoms with Crippen LogP contribution in [0, 0.1) is 11.7 Å². The number of carbonyl (C=O) groups excluding carboxylic acids is 2. The summed E-state index contributed by atoms with van der Waals surface area (Å²) < 4.78 is 41.0. The van der Waals surface area contributed by atoms with Gasteiger partial charge in [0.25, 0.3) is 15.9 Å². The maximum atomic E-state index is 14.7. The minimum absolute atomic E-state index is 0.0184. The standard InChI is InChI=1S/C45H39FN2O4S/c46-40-23-25-41(26-24-40)53(51,52)47-45(50)39-19-10-18-37(30-39)36-17-9-15-34(28-36)29-43(49)48(31-33-13-5-2-6-14-33)44-38(27-32-11-3-1-4-12-32)22-21-35-16-7-8-20-42(35)44/h1-20,23-26,28,30,38,44H,21-22,27,29,31H2,(H,47,50). The molecule has 6 aromatic rings. The monoisotopic (exact) mass is 722 g/mol. The van der Waals surface area contributed by atoms with Gasteiger partial charge >= 0.3 is 0 Å². The highest BCUT2D eigenvalue weighted by Gasteiger charge is 2.36. The topological polar surface area (TPSA) is 83.5 Å². The summed E-state index contributed by atoms with van der Waals surface area (Å²) in [4.78, 5) is 29.6. The summed E-state index contributed by atoms with van der Waals surface area (Å²) in [6.07, 6.45) is 2.98. The van der Waals surface area contributed by atoms with Crippen molar-refractivity contribution in [3.63, 3.8) is 0 Å². The Bertz CT molecular complexity index is 2330. The Balaban J connectivity index is 1.16. The molecule has 0 fully saturated rings. The molecule has 7 rings (SSSR count). The van der Waals surface area contributed by atoms with E-state index in [1.165, 1.54) is 22.8 Å². The van der Waals surface area contributed by atoms with Gasteiger partial charge in [-0.2, -0.15) is 0 Å². The van der Waals surface area contributed by atoms with E-state index in [0.717, 1.165) is 60.2 Å². The van der Waals surface area contributed by atoms with Gasteiger partial charge in [0, 0.05) is 12.1 Å². The molecule has 0 heterocycles. The van der Waals surface area contributed by atoms with Crippen LogP contribution in [-0.2, 0) is 40.6 Å². The number of rotatable bonds is 11. The number of aryl methyl sites for hydroxylation is 1. The van der Waals surface area contributed by atoms with Gasteiger partial charge < -0.3 is 4.90 Å². The van der Waals surface area contributed by atoms with Crippen LogP contribution in [-0.4, -0.2) is 25.1 Å². The van der Waals surface area contributed by atoms with Gasteiger partial charge in [-0.15, -0.1) is 0 Å². The molecule has 0 aromatic heterocycles. The van der Waals surface area contributed by atoms with Crippen LogP contribution in [0.15, 0.2) is 163 Å². The normalized spacial score (nSPS) is 15.3. The van der Waals surface area contributed by atoms with E-state index in [1.807, 2.05) is 54.6 Å². The van der Waals surface area contributed by atoms with Gasteiger partial charge in [0.15, 0.2) is 0 Å². The van der Waals surface area contributed by atoms with Crippen molar-refractivity contribution in [3.8, 4) is 11.1 Å². The molecule has 0 saturated carbocycles. The smallest absolute Gasteiger partial charge is 0.265 e. The fourth-order valence-corrected chi connectivity index (χ4v) is 8.28. The molecule has 0 bridgehead atoms. The highest BCUT2D eigenvalue weighted by molar-refractivity contribution is 7.90. The Morgan fingerprint density at radius 1 is 0.679 bits per heavy atom. The predicted molar refractivity (Wildman–Crippen MR) is 205 cm³/mol. The predicted octanol–water partition coefficient (Wildman–Crippen LogP) is 8.73. The summed E-state index contributed by atoms with van der Waals surface area (Å²) in [5.41, 5.74) is 7.24. The molecule has 6 aromatic carbocycles. The second-order valence-corrected chi connectivity index (χ2v) is 15.2. The minimum atomic E-state index is -4.21. The minimum Gasteiger partial charge on any atom is -0.331 e. The van der Waals surface area contributed by atoms with E-state index in [9.17, 15) is 22.4 Å². The summed E-state index contributed by atoms with van der Waals surface area (Å²) in [5.74, 6) is -1.14. The summed E-state index contributed by atoms with van der Waals surface area (Å²) >= 11 is 0. The molecular weight excluding hydrogens is 684 g/mol. The van der Waals surface area contributed by atoms with Gasteiger partial charge in [0.2, 0.25) is 5.91 Å². The van der Waals surface area contributed by atoms with Gasteiger partial charge in [0.05, 0.1) is 17.4 Å². The Kier molecular flexibility index (Phi) is 10.6. The zero-order valence-electron chi connectivity index (χ0n) is 29.1. The van der Waals surface area contributed by atoms with Crippen molar-refractivity contribution in [2.24, 2.45) is 5.92 Å². The third-order valence-corrected chi connectivity index (χ3v) is 11.2. The van der Waals surface area contributed by atoms with Crippen molar-refractivity contribution in [1.29, 1.82) is 0 Å². The molecule has 0 radical (unpaired) electrons. The number of halogens is 1. The lowest BCUT2D eigenvalue weighted by Crippen LogP contribution is -2.41. The molecule has 2 amide bonds. The first-order valence-corrected chi connectivity index (χ1v) is 19.2. The molecular formula is C45H39FN2O4S. The largest absolute Gasteiger partial charge is 0.331 e. The molecule has 8 heteroatoms. The van der Waals surface area contributed by atoms with Crippen molar-refractivity contribution in [1.82, 2.24) is 9.62 Å². The number of nitrogens with zero attached hydrogens (tertiary/aromatic N) is 1. The van der Waals surface area contributed by atoms with Crippen LogP contribution in [0.5, 0.6) is 0 Å². The maximum Gasteiger partial charge on any atom is 0.265 e. The molecule has 0 spiro atoms. The molecule has 0 aliphatic heterocycles. The first-order valence-electron chi connectivity index (χ1n) is 17.7. The molecule has 1 aliphatic rings. The van der Waals surface area contributed by atoms with Crippen LogP contribution in [0.1, 0.15) is 50.6 Å². The third kappa shape index (κ3) is 8.45. The molecule has 2 unspecified atom stereocenters. The SMILES string of the molecule is O=C(NS(=O)(=O)c1ccc(F)cc1)c1cccc(-c2cccc(CC(=O)N(Cc3ccccc3)C3c4ccccc4CCC3Cc3ccccc3)c2)c1. The number of hydrogen-bond donors (Lipinski definition) is 1. The molecule has 266 valence electrons. The number of nitrogens with one attached hydrogen (secondary N) is 1. The van der Waals surface area contributed by atoms with Crippen LogP contribution in [0.25, 0.3) is 11.1 Å². The van der Waals surface area contributed by atoms with Gasteiger partial charge in [-0.05, 0) is 101 Å². The number of hydrogen-bond acceptors (Lipinski definition) is 4. The Morgan fingerprint density at radius 2 is 1.30 bits per heavy atom. The first kappa shape index (κ1) is 35.5. The van der Waals surface area contributed by atoms with E-state index in [0.29, 0.717) is 12.1 Å². The van der Waals surface area contributed by atoms with Gasteiger partial charge in [-0.1, -0.05) is 121 Å². The number of amides is 2. The Morgan fingerprint density at radius 3 is 2.04 bits per heavy atom. The van der Waals surface area contributed by atoms with E-state index in [1.54, 1.807) is 12.1 Å². The van der Waals surface area contributed by atoms with Crippen LogP contribution < -0.4 is 4.72 Å². The molecule has 0 saturated heterocycles. The Hall–Kier alpha value is -5.86. The van der Waals surface area contributed by atoms with Gasteiger partial charge in [-0.3, -0.25) is 9.59 Å². The van der Waals surface area contributed by atoms with E-state index in [4.69, 9.17) is 0 Å². The third-order valence-electron chi connectivity index (χ3n) is 9.89. The lowest BCUT2D eigenvalue weighted by molar-refractivity contribution is -0.135. The van der Waals surface area contributed by atoms with Crippen LogP contribution in [0.3, 0.4) is 0 Å². The molecule has 2 atom stereocenters. The number of carbonyl (C=O) groups is 2. The van der Waals surface area contributed by atoms with E-state index in [2.05, 4.69) is 70.3 Å². The van der Waals surface area contributed by atoms with Crippen molar-refractivity contribution in [2.75, 3.05) is 0 Å². The Labute approximate surface area is 310 Å². The van der Waals surface area contributed by atoms with Crippen molar-refractivity contribution < 1.29 is 22.4 Å². The van der Waals surface area contributed by atoms with Gasteiger partial charge in [0.1, 0.15) is 5.82 Å². The fraction of sp³-hybridized carbons (Fsp3) is 0.156.